The number of halogens is 1. The second-order valence-electron chi connectivity index (χ2n) is 5.28. The van der Waals surface area contributed by atoms with Gasteiger partial charge >= 0.3 is 0 Å². The molecule has 3 nitrogen and oxygen atoms in total. The van der Waals surface area contributed by atoms with E-state index in [4.69, 9.17) is 0 Å². The Morgan fingerprint density at radius 2 is 2.29 bits per heavy atom. The molecule has 1 aromatic heterocycles. The van der Waals surface area contributed by atoms with Crippen LogP contribution < -0.4 is 5.32 Å². The van der Waals surface area contributed by atoms with Gasteiger partial charge in [0.15, 0.2) is 0 Å². The average molecular weight is 344 g/mol. The lowest BCUT2D eigenvalue weighted by atomic mass is 9.81. The van der Waals surface area contributed by atoms with E-state index < -0.39 is 0 Å². The molecule has 1 atom stereocenters. The van der Waals surface area contributed by atoms with Gasteiger partial charge in [-0.15, -0.1) is 0 Å². The predicted octanol–water partition coefficient (Wildman–Crippen LogP) is 3.45. The normalized spacial score (nSPS) is 22.4. The standard InChI is InChI=1S/C13H17IN2O/c1-13(2)7-3-4-10(13)12(17)16-11-6-5-9(14)8-15-11/h5-6,8,10H,3-4,7H2,1-2H3,(H,15,16,17). The van der Waals surface area contributed by atoms with Gasteiger partial charge in [-0.2, -0.15) is 0 Å². The quantitative estimate of drug-likeness (QED) is 0.835. The Hall–Kier alpha value is -0.650. The summed E-state index contributed by atoms with van der Waals surface area (Å²) in [4.78, 5) is 16.4. The Balaban J connectivity index is 2.04. The predicted molar refractivity (Wildman–Crippen MR) is 76.7 cm³/mol. The second-order valence-corrected chi connectivity index (χ2v) is 6.53. The largest absolute Gasteiger partial charge is 0.310 e. The van der Waals surface area contributed by atoms with Crippen LogP contribution in [0.15, 0.2) is 18.3 Å². The first kappa shape index (κ1) is 12.8. The smallest absolute Gasteiger partial charge is 0.229 e. The third-order valence-corrected chi connectivity index (χ3v) is 4.19. The van der Waals surface area contributed by atoms with Gasteiger partial charge in [-0.3, -0.25) is 4.79 Å². The number of carbonyl (C=O) groups is 1. The topological polar surface area (TPSA) is 42.0 Å². The van der Waals surface area contributed by atoms with E-state index in [0.29, 0.717) is 5.82 Å². The lowest BCUT2D eigenvalue weighted by molar-refractivity contribution is -0.122. The minimum Gasteiger partial charge on any atom is -0.310 e. The molecule has 0 saturated heterocycles. The van der Waals surface area contributed by atoms with Gasteiger partial charge in [-0.05, 0) is 53.0 Å². The van der Waals surface area contributed by atoms with Crippen molar-refractivity contribution in [2.45, 2.75) is 33.1 Å². The number of hydrogen-bond donors (Lipinski definition) is 1. The number of rotatable bonds is 2. The molecule has 1 aliphatic rings. The van der Waals surface area contributed by atoms with Crippen LogP contribution in [0.2, 0.25) is 0 Å². The van der Waals surface area contributed by atoms with Crippen LogP contribution in [0, 0.1) is 14.9 Å². The van der Waals surface area contributed by atoms with E-state index in [0.717, 1.165) is 22.8 Å². The van der Waals surface area contributed by atoms with Crippen molar-refractivity contribution in [2.75, 3.05) is 5.32 Å². The van der Waals surface area contributed by atoms with Crippen LogP contribution in [0.3, 0.4) is 0 Å². The van der Waals surface area contributed by atoms with Crippen molar-refractivity contribution in [1.29, 1.82) is 0 Å². The van der Waals surface area contributed by atoms with Crippen molar-refractivity contribution >= 4 is 34.3 Å². The molecule has 2 rings (SSSR count). The maximum absolute atomic E-state index is 12.2. The Morgan fingerprint density at radius 1 is 1.53 bits per heavy atom. The third-order valence-electron chi connectivity index (χ3n) is 3.55. The van der Waals surface area contributed by atoms with Crippen LogP contribution in [0.4, 0.5) is 5.82 Å². The van der Waals surface area contributed by atoms with Crippen LogP contribution in [-0.2, 0) is 4.79 Å². The molecule has 1 N–H and O–H groups in total. The molecule has 0 aromatic carbocycles. The van der Waals surface area contributed by atoms with E-state index >= 15 is 0 Å². The van der Waals surface area contributed by atoms with Gasteiger partial charge in [-0.25, -0.2) is 4.98 Å². The minimum atomic E-state index is 0.112. The van der Waals surface area contributed by atoms with E-state index in [9.17, 15) is 4.79 Å². The summed E-state index contributed by atoms with van der Waals surface area (Å²) < 4.78 is 1.07. The third kappa shape index (κ3) is 2.97. The zero-order valence-electron chi connectivity index (χ0n) is 10.2. The molecule has 0 aliphatic heterocycles. The molecule has 1 heterocycles. The van der Waals surface area contributed by atoms with Crippen LogP contribution in [0.5, 0.6) is 0 Å². The van der Waals surface area contributed by atoms with Crippen LogP contribution in [0.25, 0.3) is 0 Å². The van der Waals surface area contributed by atoms with Gasteiger partial charge in [0.2, 0.25) is 5.91 Å². The monoisotopic (exact) mass is 344 g/mol. The molecule has 0 spiro atoms. The molecule has 1 amide bonds. The molecule has 1 aliphatic carbocycles. The summed E-state index contributed by atoms with van der Waals surface area (Å²) in [7, 11) is 0. The first-order valence-electron chi connectivity index (χ1n) is 5.91. The Labute approximate surface area is 116 Å². The number of nitrogens with zero attached hydrogens (tertiary/aromatic N) is 1. The van der Waals surface area contributed by atoms with E-state index in [1.807, 2.05) is 12.1 Å². The fourth-order valence-corrected chi connectivity index (χ4v) is 2.79. The summed E-state index contributed by atoms with van der Waals surface area (Å²) in [5.41, 5.74) is 0.118. The summed E-state index contributed by atoms with van der Waals surface area (Å²) in [5.74, 6) is 0.878. The maximum atomic E-state index is 12.2. The van der Waals surface area contributed by atoms with Crippen molar-refractivity contribution < 1.29 is 4.79 Å². The van der Waals surface area contributed by atoms with Crippen molar-refractivity contribution in [2.24, 2.45) is 11.3 Å². The molecule has 17 heavy (non-hydrogen) atoms. The van der Waals surface area contributed by atoms with Crippen molar-refractivity contribution in [3.63, 3.8) is 0 Å². The van der Waals surface area contributed by atoms with Gasteiger partial charge < -0.3 is 5.32 Å². The van der Waals surface area contributed by atoms with E-state index in [1.54, 1.807) is 6.20 Å². The van der Waals surface area contributed by atoms with Crippen LogP contribution in [-0.4, -0.2) is 10.9 Å². The fourth-order valence-electron chi connectivity index (χ4n) is 2.48. The highest BCUT2D eigenvalue weighted by molar-refractivity contribution is 14.1. The minimum absolute atomic E-state index is 0.112. The molecule has 0 radical (unpaired) electrons. The Morgan fingerprint density at radius 3 is 2.82 bits per heavy atom. The zero-order chi connectivity index (χ0) is 12.5. The maximum Gasteiger partial charge on any atom is 0.229 e. The number of anilines is 1. The fraction of sp³-hybridized carbons (Fsp3) is 0.538. The molecule has 4 heteroatoms. The highest BCUT2D eigenvalue weighted by Crippen LogP contribution is 2.42. The molecule has 0 bridgehead atoms. The first-order chi connectivity index (χ1) is 7.99. The van der Waals surface area contributed by atoms with E-state index in [-0.39, 0.29) is 17.2 Å². The number of hydrogen-bond acceptors (Lipinski definition) is 2. The summed E-state index contributed by atoms with van der Waals surface area (Å²) in [6.07, 6.45) is 5.02. The van der Waals surface area contributed by atoms with Crippen LogP contribution in [0.1, 0.15) is 33.1 Å². The lowest BCUT2D eigenvalue weighted by Gasteiger charge is -2.25. The molecule has 1 aromatic rings. The number of aromatic nitrogens is 1. The Bertz CT molecular complexity index is 414. The molecule has 92 valence electrons. The van der Waals surface area contributed by atoms with Crippen LogP contribution >= 0.6 is 22.6 Å². The number of pyridine rings is 1. The summed E-state index contributed by atoms with van der Waals surface area (Å²) in [6.45, 7) is 4.34. The van der Waals surface area contributed by atoms with Crippen molar-refractivity contribution in [1.82, 2.24) is 4.98 Å². The summed E-state index contributed by atoms with van der Waals surface area (Å²) in [6, 6.07) is 3.80. The summed E-state index contributed by atoms with van der Waals surface area (Å²) in [5, 5.41) is 2.91. The molecule has 1 unspecified atom stereocenters. The number of amides is 1. The van der Waals surface area contributed by atoms with Gasteiger partial charge in [0.05, 0.1) is 0 Å². The molecular formula is C13H17IN2O. The molecule has 1 fully saturated rings. The number of nitrogens with one attached hydrogen (secondary N) is 1. The highest BCUT2D eigenvalue weighted by Gasteiger charge is 2.39. The SMILES string of the molecule is CC1(C)CCCC1C(=O)Nc1ccc(I)cn1. The number of carbonyl (C=O) groups excluding carboxylic acids is 1. The highest BCUT2D eigenvalue weighted by atomic mass is 127. The van der Waals surface area contributed by atoms with Crippen molar-refractivity contribution in [3.8, 4) is 0 Å². The zero-order valence-corrected chi connectivity index (χ0v) is 12.3. The molecule has 1 saturated carbocycles. The average Bonchev–Trinajstić information content (AvgIpc) is 2.61. The first-order valence-corrected chi connectivity index (χ1v) is 6.99. The van der Waals surface area contributed by atoms with Gasteiger partial charge in [0, 0.05) is 15.7 Å². The Kier molecular flexibility index (Phi) is 3.70. The van der Waals surface area contributed by atoms with E-state index in [2.05, 4.69) is 46.7 Å². The van der Waals surface area contributed by atoms with Gasteiger partial charge in [-0.1, -0.05) is 20.3 Å². The molecular weight excluding hydrogens is 327 g/mol. The van der Waals surface area contributed by atoms with E-state index in [1.165, 1.54) is 0 Å². The van der Waals surface area contributed by atoms with Gasteiger partial charge in [0.25, 0.3) is 0 Å². The summed E-state index contributed by atoms with van der Waals surface area (Å²) >= 11 is 2.20. The lowest BCUT2D eigenvalue weighted by Crippen LogP contribution is -2.31. The van der Waals surface area contributed by atoms with Crippen molar-refractivity contribution in [3.05, 3.63) is 21.9 Å². The van der Waals surface area contributed by atoms with Gasteiger partial charge in [0.1, 0.15) is 5.82 Å². The second kappa shape index (κ2) is 4.92.